The molecular formula is C15H18N2O2S2. The number of hydrogen-bond acceptors (Lipinski definition) is 5. The zero-order valence-electron chi connectivity index (χ0n) is 11.9. The number of morpholine rings is 1. The maximum atomic E-state index is 12.2. The Morgan fingerprint density at radius 2 is 2.38 bits per heavy atom. The van der Waals surface area contributed by atoms with Crippen molar-refractivity contribution < 1.29 is 9.53 Å². The van der Waals surface area contributed by atoms with Crippen molar-refractivity contribution in [3.63, 3.8) is 0 Å². The monoisotopic (exact) mass is 322 g/mol. The molecule has 3 rings (SSSR count). The van der Waals surface area contributed by atoms with Crippen LogP contribution in [0.4, 0.5) is 5.69 Å². The minimum atomic E-state index is 0.140. The number of ether oxygens (including phenoxy) is 1. The highest BCUT2D eigenvalue weighted by Crippen LogP contribution is 2.34. The zero-order valence-corrected chi connectivity index (χ0v) is 13.6. The first kappa shape index (κ1) is 14.9. The van der Waals surface area contributed by atoms with Gasteiger partial charge in [-0.05, 0) is 18.6 Å². The minimum absolute atomic E-state index is 0.140. The number of rotatable bonds is 2. The Morgan fingerprint density at radius 3 is 3.24 bits per heavy atom. The minimum Gasteiger partial charge on any atom is -0.375 e. The second kappa shape index (κ2) is 6.85. The van der Waals surface area contributed by atoms with Gasteiger partial charge in [-0.25, -0.2) is 4.99 Å². The lowest BCUT2D eigenvalue weighted by Crippen LogP contribution is -2.45. The first-order chi connectivity index (χ1) is 10.2. The SMILES string of the molecule is C[C@H]1CN(C(=O)CSC2=Nc3ccccc3CS2)CCO1. The van der Waals surface area contributed by atoms with Gasteiger partial charge in [-0.15, -0.1) is 0 Å². The Labute approximate surface area is 133 Å². The summed E-state index contributed by atoms with van der Waals surface area (Å²) in [6.45, 7) is 4.04. The van der Waals surface area contributed by atoms with E-state index in [0.717, 1.165) is 15.8 Å². The molecule has 0 spiro atoms. The van der Waals surface area contributed by atoms with Gasteiger partial charge in [0.2, 0.25) is 5.91 Å². The third-order valence-corrected chi connectivity index (χ3v) is 5.70. The van der Waals surface area contributed by atoms with E-state index in [1.165, 1.54) is 5.56 Å². The molecule has 1 aromatic carbocycles. The van der Waals surface area contributed by atoms with Gasteiger partial charge in [0, 0.05) is 18.8 Å². The summed E-state index contributed by atoms with van der Waals surface area (Å²) in [6.07, 6.45) is 0.140. The second-order valence-corrected chi connectivity index (χ2v) is 7.29. The molecule has 4 nitrogen and oxygen atoms in total. The number of benzene rings is 1. The Bertz CT molecular complexity index is 562. The van der Waals surface area contributed by atoms with E-state index in [1.54, 1.807) is 23.5 Å². The van der Waals surface area contributed by atoms with E-state index in [9.17, 15) is 4.79 Å². The summed E-state index contributed by atoms with van der Waals surface area (Å²) in [5.41, 5.74) is 2.30. The van der Waals surface area contributed by atoms with Gasteiger partial charge in [-0.3, -0.25) is 4.79 Å². The smallest absolute Gasteiger partial charge is 0.233 e. The third kappa shape index (κ3) is 3.81. The van der Waals surface area contributed by atoms with Crippen molar-refractivity contribution in [2.45, 2.75) is 18.8 Å². The first-order valence-corrected chi connectivity index (χ1v) is 9.01. The van der Waals surface area contributed by atoms with E-state index in [0.29, 0.717) is 25.4 Å². The molecule has 6 heteroatoms. The largest absolute Gasteiger partial charge is 0.375 e. The molecule has 2 aliphatic heterocycles. The average molecular weight is 322 g/mol. The van der Waals surface area contributed by atoms with Crippen LogP contribution >= 0.6 is 23.5 Å². The van der Waals surface area contributed by atoms with Gasteiger partial charge in [0.05, 0.1) is 24.2 Å². The number of aliphatic imine (C=N–C) groups is 1. The number of para-hydroxylation sites is 1. The quantitative estimate of drug-likeness (QED) is 0.839. The number of carbonyl (C=O) groups is 1. The Morgan fingerprint density at radius 1 is 1.52 bits per heavy atom. The predicted octanol–water partition coefficient (Wildman–Crippen LogP) is 2.90. The van der Waals surface area contributed by atoms with Crippen LogP contribution in [-0.2, 0) is 15.3 Å². The summed E-state index contributed by atoms with van der Waals surface area (Å²) in [4.78, 5) is 18.7. The number of nitrogens with zero attached hydrogens (tertiary/aromatic N) is 2. The highest BCUT2D eigenvalue weighted by Gasteiger charge is 2.22. The van der Waals surface area contributed by atoms with Crippen molar-refractivity contribution in [2.24, 2.45) is 4.99 Å². The fraction of sp³-hybridized carbons (Fsp3) is 0.467. The maximum Gasteiger partial charge on any atom is 0.233 e. The Hall–Kier alpha value is -0.980. The molecule has 0 unspecified atom stereocenters. The molecule has 112 valence electrons. The summed E-state index contributed by atoms with van der Waals surface area (Å²) in [6, 6.07) is 8.17. The van der Waals surface area contributed by atoms with Crippen LogP contribution in [0, 0.1) is 0 Å². The highest BCUT2D eigenvalue weighted by molar-refractivity contribution is 8.38. The normalized spacial score (nSPS) is 21.7. The molecule has 0 aliphatic carbocycles. The Kier molecular flexibility index (Phi) is 4.87. The van der Waals surface area contributed by atoms with Gasteiger partial charge < -0.3 is 9.64 Å². The molecule has 1 atom stereocenters. The van der Waals surface area contributed by atoms with Crippen LogP contribution in [0.2, 0.25) is 0 Å². The van der Waals surface area contributed by atoms with E-state index in [4.69, 9.17) is 4.74 Å². The molecular weight excluding hydrogens is 304 g/mol. The molecule has 0 N–H and O–H groups in total. The first-order valence-electron chi connectivity index (χ1n) is 7.04. The van der Waals surface area contributed by atoms with E-state index in [1.807, 2.05) is 30.0 Å². The summed E-state index contributed by atoms with van der Waals surface area (Å²) in [5, 5.41) is 0. The van der Waals surface area contributed by atoms with Gasteiger partial charge in [0.1, 0.15) is 4.38 Å². The standard InChI is InChI=1S/C15H18N2O2S2/c1-11-8-17(6-7-19-11)14(18)10-21-15-16-13-5-3-2-4-12(13)9-20-15/h2-5,11H,6-10H2,1H3/t11-/m0/s1. The molecule has 1 amide bonds. The number of hydrogen-bond donors (Lipinski definition) is 0. The van der Waals surface area contributed by atoms with Crippen LogP contribution in [0.25, 0.3) is 0 Å². The number of carbonyl (C=O) groups excluding carboxylic acids is 1. The van der Waals surface area contributed by atoms with Crippen molar-refractivity contribution in [3.05, 3.63) is 29.8 Å². The maximum absolute atomic E-state index is 12.2. The van der Waals surface area contributed by atoms with Gasteiger partial charge >= 0.3 is 0 Å². The van der Waals surface area contributed by atoms with E-state index < -0.39 is 0 Å². The second-order valence-electron chi connectivity index (χ2n) is 5.10. The highest BCUT2D eigenvalue weighted by atomic mass is 32.2. The van der Waals surface area contributed by atoms with Crippen LogP contribution < -0.4 is 0 Å². The Balaban J connectivity index is 1.56. The summed E-state index contributed by atoms with van der Waals surface area (Å²) < 4.78 is 6.45. The number of thioether (sulfide) groups is 2. The van der Waals surface area contributed by atoms with E-state index in [2.05, 4.69) is 11.1 Å². The summed E-state index contributed by atoms with van der Waals surface area (Å²) >= 11 is 3.26. The zero-order chi connectivity index (χ0) is 14.7. The fourth-order valence-electron chi connectivity index (χ4n) is 2.35. The molecule has 0 saturated carbocycles. The molecule has 0 bridgehead atoms. The van der Waals surface area contributed by atoms with E-state index >= 15 is 0 Å². The lowest BCUT2D eigenvalue weighted by molar-refractivity contribution is -0.135. The average Bonchev–Trinajstić information content (AvgIpc) is 2.52. The third-order valence-electron chi connectivity index (χ3n) is 3.47. The lowest BCUT2D eigenvalue weighted by Gasteiger charge is -2.31. The van der Waals surface area contributed by atoms with Crippen molar-refractivity contribution >= 4 is 39.5 Å². The lowest BCUT2D eigenvalue weighted by atomic mass is 10.2. The van der Waals surface area contributed by atoms with Crippen molar-refractivity contribution in [1.29, 1.82) is 0 Å². The van der Waals surface area contributed by atoms with E-state index in [-0.39, 0.29) is 12.0 Å². The van der Waals surface area contributed by atoms with Crippen molar-refractivity contribution in [3.8, 4) is 0 Å². The molecule has 2 aliphatic rings. The van der Waals surface area contributed by atoms with Crippen LogP contribution in [-0.4, -0.2) is 46.7 Å². The van der Waals surface area contributed by atoms with Crippen molar-refractivity contribution in [1.82, 2.24) is 4.90 Å². The molecule has 1 aromatic rings. The van der Waals surface area contributed by atoms with Gasteiger partial charge in [-0.1, -0.05) is 41.7 Å². The van der Waals surface area contributed by atoms with Crippen LogP contribution in [0.15, 0.2) is 29.3 Å². The van der Waals surface area contributed by atoms with Gasteiger partial charge in [-0.2, -0.15) is 0 Å². The van der Waals surface area contributed by atoms with Crippen LogP contribution in [0.5, 0.6) is 0 Å². The van der Waals surface area contributed by atoms with Gasteiger partial charge in [0.15, 0.2) is 0 Å². The predicted molar refractivity (Wildman–Crippen MR) is 89.3 cm³/mol. The molecule has 2 heterocycles. The fourth-order valence-corrected chi connectivity index (χ4v) is 4.31. The molecule has 21 heavy (non-hydrogen) atoms. The summed E-state index contributed by atoms with van der Waals surface area (Å²) in [5.74, 6) is 1.57. The summed E-state index contributed by atoms with van der Waals surface area (Å²) in [7, 11) is 0. The topological polar surface area (TPSA) is 41.9 Å². The molecule has 0 radical (unpaired) electrons. The number of amides is 1. The molecule has 1 fully saturated rings. The molecule has 0 aromatic heterocycles. The van der Waals surface area contributed by atoms with Gasteiger partial charge in [0.25, 0.3) is 0 Å². The van der Waals surface area contributed by atoms with Crippen molar-refractivity contribution in [2.75, 3.05) is 25.4 Å². The van der Waals surface area contributed by atoms with Crippen LogP contribution in [0.1, 0.15) is 12.5 Å². The van der Waals surface area contributed by atoms with Crippen LogP contribution in [0.3, 0.4) is 0 Å². The number of fused-ring (bicyclic) bond motifs is 1. The molecule has 1 saturated heterocycles.